The third-order valence-corrected chi connectivity index (χ3v) is 5.18. The summed E-state index contributed by atoms with van der Waals surface area (Å²) in [6.07, 6.45) is 0.443. The van der Waals surface area contributed by atoms with Gasteiger partial charge in [-0.3, -0.25) is 9.97 Å². The molecule has 4 aromatic rings. The summed E-state index contributed by atoms with van der Waals surface area (Å²) in [5.74, 6) is 2.83. The molecule has 0 fully saturated rings. The number of nitrogens with zero attached hydrogens (tertiary/aromatic N) is 2. The number of methoxy groups -OCH3 is 3. The fourth-order valence-corrected chi connectivity index (χ4v) is 3.71. The highest BCUT2D eigenvalue weighted by Crippen LogP contribution is 2.42. The lowest BCUT2D eigenvalue weighted by molar-refractivity contribution is 0.174. The third-order valence-electron chi connectivity index (χ3n) is 5.18. The van der Waals surface area contributed by atoms with Gasteiger partial charge in [-0.2, -0.15) is 0 Å². The van der Waals surface area contributed by atoms with Crippen LogP contribution in [0, 0.1) is 0 Å². The summed E-state index contributed by atoms with van der Waals surface area (Å²) >= 11 is 0. The van der Waals surface area contributed by atoms with Gasteiger partial charge >= 0.3 is 5.69 Å². The molecule has 0 aliphatic carbocycles. The van der Waals surface area contributed by atoms with Crippen molar-refractivity contribution < 1.29 is 23.7 Å². The Morgan fingerprint density at radius 2 is 1.59 bits per heavy atom. The van der Waals surface area contributed by atoms with E-state index in [0.29, 0.717) is 63.4 Å². The molecule has 32 heavy (non-hydrogen) atoms. The second kappa shape index (κ2) is 7.80. The van der Waals surface area contributed by atoms with E-state index in [4.69, 9.17) is 23.7 Å². The second-order valence-corrected chi connectivity index (χ2v) is 7.07. The van der Waals surface area contributed by atoms with E-state index in [1.54, 1.807) is 33.5 Å². The van der Waals surface area contributed by atoms with Gasteiger partial charge in [-0.05, 0) is 29.8 Å². The van der Waals surface area contributed by atoms with Crippen molar-refractivity contribution >= 4 is 11.3 Å². The predicted molar refractivity (Wildman–Crippen MR) is 115 cm³/mol. The Balaban J connectivity index is 1.67. The summed E-state index contributed by atoms with van der Waals surface area (Å²) in [7, 11) is 4.64. The number of aromatic amines is 2. The molecular weight excluding hydrogens is 416 g/mol. The van der Waals surface area contributed by atoms with E-state index in [1.807, 2.05) is 18.2 Å². The molecule has 0 radical (unpaired) electrons. The largest absolute Gasteiger partial charge is 0.493 e. The van der Waals surface area contributed by atoms with E-state index in [9.17, 15) is 4.79 Å². The Labute approximate surface area is 182 Å². The topological polar surface area (TPSA) is 121 Å². The summed E-state index contributed by atoms with van der Waals surface area (Å²) in [6, 6.07) is 9.31. The molecule has 0 spiro atoms. The molecule has 1 aliphatic rings. The molecule has 5 rings (SSSR count). The summed E-state index contributed by atoms with van der Waals surface area (Å²) in [5, 5.41) is 0. The number of hydrogen-bond acceptors (Lipinski definition) is 8. The van der Waals surface area contributed by atoms with Gasteiger partial charge in [0.1, 0.15) is 0 Å². The smallest absolute Gasteiger partial charge is 0.326 e. The lowest BCUT2D eigenvalue weighted by atomic mass is 10.0. The Kier molecular flexibility index (Phi) is 4.81. The lowest BCUT2D eigenvalue weighted by Crippen LogP contribution is -2.02. The minimum absolute atomic E-state index is 0.200. The minimum atomic E-state index is -0.379. The first-order valence-corrected chi connectivity index (χ1v) is 9.77. The standard InChI is InChI=1S/C22H20N4O6/c1-28-16-8-12(9-17(29-2)19(16)30-3)18-13(23-20-21(24-18)26-22(27)25-20)6-11-4-5-14-15(7-11)32-10-31-14/h4-5,7-9H,6,10H2,1-3H3,(H2,23,24,25,26,27). The zero-order valence-electron chi connectivity index (χ0n) is 17.6. The molecule has 0 saturated carbocycles. The fourth-order valence-electron chi connectivity index (χ4n) is 3.71. The second-order valence-electron chi connectivity index (χ2n) is 7.07. The monoisotopic (exact) mass is 436 g/mol. The number of ether oxygens (including phenoxy) is 5. The number of imidazole rings is 1. The van der Waals surface area contributed by atoms with Crippen LogP contribution in [0.15, 0.2) is 35.1 Å². The number of nitrogens with one attached hydrogen (secondary N) is 2. The van der Waals surface area contributed by atoms with Crippen molar-refractivity contribution in [3.63, 3.8) is 0 Å². The fraction of sp³-hybridized carbons (Fsp3) is 0.227. The maximum absolute atomic E-state index is 11.8. The van der Waals surface area contributed by atoms with Crippen molar-refractivity contribution in [1.29, 1.82) is 0 Å². The van der Waals surface area contributed by atoms with E-state index in [0.717, 1.165) is 5.56 Å². The normalized spacial score (nSPS) is 12.2. The summed E-state index contributed by atoms with van der Waals surface area (Å²) in [4.78, 5) is 26.5. The lowest BCUT2D eigenvalue weighted by Gasteiger charge is -2.15. The highest BCUT2D eigenvalue weighted by atomic mass is 16.7. The van der Waals surface area contributed by atoms with Crippen molar-refractivity contribution in [2.75, 3.05) is 28.1 Å². The first-order valence-electron chi connectivity index (χ1n) is 9.77. The van der Waals surface area contributed by atoms with Crippen molar-refractivity contribution in [3.05, 3.63) is 52.1 Å². The maximum atomic E-state index is 11.8. The van der Waals surface area contributed by atoms with E-state index >= 15 is 0 Å². The first kappa shape index (κ1) is 19.7. The molecule has 2 aromatic heterocycles. The van der Waals surface area contributed by atoms with Gasteiger partial charge < -0.3 is 23.7 Å². The Bertz CT molecular complexity index is 1350. The summed E-state index contributed by atoms with van der Waals surface area (Å²) in [6.45, 7) is 0.200. The zero-order valence-corrected chi connectivity index (χ0v) is 17.6. The van der Waals surface area contributed by atoms with Gasteiger partial charge in [0, 0.05) is 12.0 Å². The molecular formula is C22H20N4O6. The quantitative estimate of drug-likeness (QED) is 0.473. The van der Waals surface area contributed by atoms with E-state index in [-0.39, 0.29) is 12.5 Å². The summed E-state index contributed by atoms with van der Waals surface area (Å²) < 4.78 is 27.3. The number of rotatable bonds is 6. The van der Waals surface area contributed by atoms with Crippen LogP contribution >= 0.6 is 0 Å². The molecule has 0 bridgehead atoms. The number of hydrogen-bond donors (Lipinski definition) is 2. The number of fused-ring (bicyclic) bond motifs is 2. The van der Waals surface area contributed by atoms with Crippen molar-refractivity contribution in [3.8, 4) is 40.0 Å². The number of benzene rings is 2. The van der Waals surface area contributed by atoms with Crippen LogP contribution in [0.25, 0.3) is 22.6 Å². The molecule has 164 valence electrons. The number of aromatic nitrogens is 4. The Hall–Kier alpha value is -4.21. The van der Waals surface area contributed by atoms with Gasteiger partial charge in [-0.1, -0.05) is 6.07 Å². The van der Waals surface area contributed by atoms with E-state index < -0.39 is 0 Å². The highest BCUT2D eigenvalue weighted by Gasteiger charge is 2.20. The van der Waals surface area contributed by atoms with Crippen LogP contribution in [0.3, 0.4) is 0 Å². The molecule has 1 aliphatic heterocycles. The maximum Gasteiger partial charge on any atom is 0.326 e. The van der Waals surface area contributed by atoms with Crippen molar-refractivity contribution in [2.24, 2.45) is 0 Å². The van der Waals surface area contributed by atoms with Crippen LogP contribution < -0.4 is 29.4 Å². The molecule has 10 nitrogen and oxygen atoms in total. The summed E-state index contributed by atoms with van der Waals surface area (Å²) in [5.41, 5.74) is 3.23. The minimum Gasteiger partial charge on any atom is -0.493 e. The molecule has 10 heteroatoms. The Morgan fingerprint density at radius 1 is 0.906 bits per heavy atom. The average molecular weight is 436 g/mol. The average Bonchev–Trinajstić information content (AvgIpc) is 3.42. The van der Waals surface area contributed by atoms with Crippen LogP contribution in [-0.2, 0) is 6.42 Å². The Morgan fingerprint density at radius 3 is 2.28 bits per heavy atom. The van der Waals surface area contributed by atoms with E-state index in [1.165, 1.54) is 0 Å². The van der Waals surface area contributed by atoms with Gasteiger partial charge in [0.2, 0.25) is 12.5 Å². The van der Waals surface area contributed by atoms with Crippen LogP contribution in [0.5, 0.6) is 28.7 Å². The molecule has 0 atom stereocenters. The number of H-pyrrole nitrogens is 2. The van der Waals surface area contributed by atoms with Gasteiger partial charge in [-0.25, -0.2) is 14.8 Å². The van der Waals surface area contributed by atoms with Crippen LogP contribution in [-0.4, -0.2) is 48.1 Å². The van der Waals surface area contributed by atoms with Crippen LogP contribution in [0.1, 0.15) is 11.3 Å². The van der Waals surface area contributed by atoms with Crippen molar-refractivity contribution in [2.45, 2.75) is 6.42 Å². The molecule has 0 amide bonds. The van der Waals surface area contributed by atoms with Crippen molar-refractivity contribution in [1.82, 2.24) is 19.9 Å². The predicted octanol–water partition coefficient (Wildman–Crippen LogP) is 2.66. The highest BCUT2D eigenvalue weighted by molar-refractivity contribution is 5.75. The first-order chi connectivity index (χ1) is 15.6. The van der Waals surface area contributed by atoms with Gasteiger partial charge in [0.05, 0.1) is 32.7 Å². The molecule has 3 heterocycles. The van der Waals surface area contributed by atoms with Crippen LogP contribution in [0.4, 0.5) is 0 Å². The van der Waals surface area contributed by atoms with Gasteiger partial charge in [-0.15, -0.1) is 0 Å². The van der Waals surface area contributed by atoms with Crippen LogP contribution in [0.2, 0.25) is 0 Å². The molecule has 2 aromatic carbocycles. The van der Waals surface area contributed by atoms with E-state index in [2.05, 4.69) is 19.9 Å². The molecule has 2 N–H and O–H groups in total. The van der Waals surface area contributed by atoms with Gasteiger partial charge in [0.15, 0.2) is 34.3 Å². The molecule has 0 unspecified atom stereocenters. The third kappa shape index (κ3) is 3.35. The molecule has 0 saturated heterocycles. The van der Waals surface area contributed by atoms with Gasteiger partial charge in [0.25, 0.3) is 0 Å². The zero-order chi connectivity index (χ0) is 22.2. The SMILES string of the molecule is COc1cc(-c2nc3[nH]c(=O)[nH]c3nc2Cc2ccc3c(c2)OCO3)cc(OC)c1OC.